The third kappa shape index (κ3) is 6.87. The second kappa shape index (κ2) is 9.41. The number of sulfone groups is 1. The van der Waals surface area contributed by atoms with E-state index in [0.717, 1.165) is 22.8 Å². The highest BCUT2D eigenvalue weighted by Crippen LogP contribution is 2.27. The summed E-state index contributed by atoms with van der Waals surface area (Å²) in [5.41, 5.74) is 2.31. The molecule has 8 heteroatoms. The zero-order chi connectivity index (χ0) is 21.8. The molecule has 0 unspecified atom stereocenters. The molecule has 5 nitrogen and oxygen atoms in total. The van der Waals surface area contributed by atoms with Crippen LogP contribution in [0.15, 0.2) is 47.9 Å². The molecule has 2 atom stereocenters. The van der Waals surface area contributed by atoms with Crippen LogP contribution in [0.5, 0.6) is 0 Å². The molecule has 0 spiro atoms. The Morgan fingerprint density at radius 3 is 2.45 bits per heavy atom. The van der Waals surface area contributed by atoms with Gasteiger partial charge in [-0.3, -0.25) is 4.79 Å². The number of anilines is 1. The molecular formula is C21H24ClFN2O3S. The highest BCUT2D eigenvalue weighted by atomic mass is 35.5. The maximum absolute atomic E-state index is 14.5. The van der Waals surface area contributed by atoms with Gasteiger partial charge in [0.05, 0.1) is 5.56 Å². The molecule has 0 aliphatic rings. The molecule has 29 heavy (non-hydrogen) atoms. The van der Waals surface area contributed by atoms with Gasteiger partial charge in [0.15, 0.2) is 9.84 Å². The molecule has 0 aliphatic heterocycles. The van der Waals surface area contributed by atoms with E-state index in [4.69, 9.17) is 11.6 Å². The summed E-state index contributed by atoms with van der Waals surface area (Å²) in [7, 11) is -3.30. The number of aryl methyl sites for hydroxylation is 1. The average Bonchev–Trinajstić information content (AvgIpc) is 2.59. The lowest BCUT2D eigenvalue weighted by molar-refractivity contribution is 0.0943. The van der Waals surface area contributed by atoms with Gasteiger partial charge in [-0.1, -0.05) is 29.8 Å². The van der Waals surface area contributed by atoms with Crippen LogP contribution in [0.4, 0.5) is 10.1 Å². The zero-order valence-corrected chi connectivity index (χ0v) is 18.2. The van der Waals surface area contributed by atoms with Crippen LogP contribution in [0.1, 0.15) is 41.4 Å². The molecule has 2 aromatic rings. The maximum atomic E-state index is 14.5. The Labute approximate surface area is 175 Å². The number of carbonyl (C=O) groups excluding carboxylic acids is 1. The average molecular weight is 439 g/mol. The molecule has 156 valence electrons. The number of hydrogen-bond acceptors (Lipinski definition) is 4. The highest BCUT2D eigenvalue weighted by molar-refractivity contribution is 7.93. The zero-order valence-electron chi connectivity index (χ0n) is 16.7. The minimum Gasteiger partial charge on any atom is -0.378 e. The van der Waals surface area contributed by atoms with Crippen molar-refractivity contribution in [3.05, 3.63) is 75.4 Å². The smallest absolute Gasteiger partial charge is 0.254 e. The van der Waals surface area contributed by atoms with Gasteiger partial charge >= 0.3 is 0 Å². The van der Waals surface area contributed by atoms with Gasteiger partial charge in [-0.25, -0.2) is 12.8 Å². The molecule has 0 radical (unpaired) electrons. The van der Waals surface area contributed by atoms with Crippen molar-refractivity contribution in [2.24, 2.45) is 0 Å². The molecule has 2 rings (SSSR count). The van der Waals surface area contributed by atoms with E-state index in [1.807, 2.05) is 32.0 Å². The minimum atomic E-state index is -3.30. The van der Waals surface area contributed by atoms with E-state index in [9.17, 15) is 17.6 Å². The van der Waals surface area contributed by atoms with E-state index in [1.54, 1.807) is 13.0 Å². The first-order chi connectivity index (χ1) is 13.5. The fraction of sp³-hybridized carbons (Fsp3) is 0.286. The predicted molar refractivity (Wildman–Crippen MR) is 116 cm³/mol. The largest absolute Gasteiger partial charge is 0.378 e. The Bertz CT molecular complexity index is 1040. The van der Waals surface area contributed by atoms with E-state index in [1.165, 1.54) is 18.2 Å². The van der Waals surface area contributed by atoms with Crippen molar-refractivity contribution in [1.82, 2.24) is 5.32 Å². The molecule has 2 aromatic carbocycles. The van der Waals surface area contributed by atoms with Crippen LogP contribution in [0.25, 0.3) is 0 Å². The minimum absolute atomic E-state index is 0.129. The standard InChI is InChI=1S/C21H24ClFN2O3S/c1-13-5-7-17(19(22)11-13)15(3)25-16-6-8-18(20(23)12-16)21(26)24-14(2)9-10-29(4,27)28/h5-12,14-15,25H,1-4H3,(H,24,26)/b10-9+/t14-,15+/m1/s1. The normalized spacial score (nSPS) is 13.9. The van der Waals surface area contributed by atoms with Gasteiger partial charge in [0.2, 0.25) is 0 Å². The predicted octanol–water partition coefficient (Wildman–Crippen LogP) is 4.64. The van der Waals surface area contributed by atoms with E-state index in [0.29, 0.717) is 10.7 Å². The molecule has 1 amide bonds. The van der Waals surface area contributed by atoms with Gasteiger partial charge in [0.1, 0.15) is 5.82 Å². The quantitative estimate of drug-likeness (QED) is 0.660. The lowest BCUT2D eigenvalue weighted by Crippen LogP contribution is -2.31. The molecular weight excluding hydrogens is 415 g/mol. The first-order valence-corrected chi connectivity index (χ1v) is 11.3. The first-order valence-electron chi connectivity index (χ1n) is 8.97. The number of hydrogen-bond donors (Lipinski definition) is 2. The topological polar surface area (TPSA) is 75.3 Å². The molecule has 0 aromatic heterocycles. The fourth-order valence-electron chi connectivity index (χ4n) is 2.69. The number of carbonyl (C=O) groups is 1. The van der Waals surface area contributed by atoms with E-state index in [2.05, 4.69) is 10.6 Å². The Hall–Kier alpha value is -2.38. The monoisotopic (exact) mass is 438 g/mol. The van der Waals surface area contributed by atoms with Crippen LogP contribution in [-0.4, -0.2) is 26.6 Å². The van der Waals surface area contributed by atoms with Crippen LogP contribution < -0.4 is 10.6 Å². The molecule has 0 heterocycles. The van der Waals surface area contributed by atoms with Crippen molar-refractivity contribution in [3.8, 4) is 0 Å². The molecule has 0 saturated heterocycles. The molecule has 0 aliphatic carbocycles. The summed E-state index contributed by atoms with van der Waals surface area (Å²) in [6.07, 6.45) is 2.38. The van der Waals surface area contributed by atoms with Crippen LogP contribution in [0.3, 0.4) is 0 Å². The summed E-state index contributed by atoms with van der Waals surface area (Å²) in [5, 5.41) is 7.33. The Morgan fingerprint density at radius 2 is 1.86 bits per heavy atom. The maximum Gasteiger partial charge on any atom is 0.254 e. The molecule has 0 saturated carbocycles. The second-order valence-electron chi connectivity index (χ2n) is 7.01. The van der Waals surface area contributed by atoms with Crippen molar-refractivity contribution >= 4 is 33.0 Å². The van der Waals surface area contributed by atoms with Crippen molar-refractivity contribution < 1.29 is 17.6 Å². The van der Waals surface area contributed by atoms with Gasteiger partial charge in [-0.2, -0.15) is 0 Å². The Morgan fingerprint density at radius 1 is 1.17 bits per heavy atom. The van der Waals surface area contributed by atoms with Crippen LogP contribution in [0.2, 0.25) is 5.02 Å². The van der Waals surface area contributed by atoms with E-state index < -0.39 is 27.6 Å². The summed E-state index contributed by atoms with van der Waals surface area (Å²) in [5.74, 6) is -1.32. The molecule has 0 bridgehead atoms. The summed E-state index contributed by atoms with van der Waals surface area (Å²) < 4.78 is 36.7. The SMILES string of the molecule is Cc1ccc([C@H](C)Nc2ccc(C(=O)N[C@H](C)/C=C/S(C)(=O)=O)c(F)c2)c(Cl)c1. The van der Waals surface area contributed by atoms with Crippen molar-refractivity contribution in [2.45, 2.75) is 32.9 Å². The van der Waals surface area contributed by atoms with Crippen molar-refractivity contribution in [3.63, 3.8) is 0 Å². The third-order valence-electron chi connectivity index (χ3n) is 4.19. The number of halogens is 2. The first kappa shape index (κ1) is 22.9. The Kier molecular flexibility index (Phi) is 7.43. The Balaban J connectivity index is 2.09. The number of rotatable bonds is 7. The summed E-state index contributed by atoms with van der Waals surface area (Å²) >= 11 is 6.28. The molecule has 2 N–H and O–H groups in total. The summed E-state index contributed by atoms with van der Waals surface area (Å²) in [6.45, 7) is 5.45. The van der Waals surface area contributed by atoms with Gasteiger partial charge in [0.25, 0.3) is 5.91 Å². The van der Waals surface area contributed by atoms with Gasteiger partial charge < -0.3 is 10.6 Å². The van der Waals surface area contributed by atoms with Crippen LogP contribution in [0, 0.1) is 12.7 Å². The highest BCUT2D eigenvalue weighted by Gasteiger charge is 2.15. The number of nitrogens with one attached hydrogen (secondary N) is 2. The van der Waals surface area contributed by atoms with Crippen molar-refractivity contribution in [2.75, 3.05) is 11.6 Å². The lowest BCUT2D eigenvalue weighted by atomic mass is 10.1. The number of benzene rings is 2. The van der Waals surface area contributed by atoms with E-state index >= 15 is 0 Å². The lowest BCUT2D eigenvalue weighted by Gasteiger charge is -2.18. The third-order valence-corrected chi connectivity index (χ3v) is 5.17. The molecule has 0 fully saturated rings. The van der Waals surface area contributed by atoms with Gasteiger partial charge in [0, 0.05) is 34.5 Å². The van der Waals surface area contributed by atoms with Gasteiger partial charge in [-0.15, -0.1) is 0 Å². The second-order valence-corrected chi connectivity index (χ2v) is 9.34. The number of amides is 1. The van der Waals surface area contributed by atoms with Crippen LogP contribution in [-0.2, 0) is 9.84 Å². The summed E-state index contributed by atoms with van der Waals surface area (Å²) in [6, 6.07) is 9.22. The van der Waals surface area contributed by atoms with E-state index in [-0.39, 0.29) is 11.6 Å². The fourth-order valence-corrected chi connectivity index (χ4v) is 3.61. The summed E-state index contributed by atoms with van der Waals surface area (Å²) in [4.78, 5) is 12.3. The van der Waals surface area contributed by atoms with Crippen LogP contribution >= 0.6 is 11.6 Å². The van der Waals surface area contributed by atoms with Crippen molar-refractivity contribution in [1.29, 1.82) is 0 Å². The van der Waals surface area contributed by atoms with Gasteiger partial charge in [-0.05, 0) is 56.2 Å².